The summed E-state index contributed by atoms with van der Waals surface area (Å²) in [5, 5.41) is 0. The molecule has 0 radical (unpaired) electrons. The number of hydrogen-bond donors (Lipinski definition) is 0. The van der Waals surface area contributed by atoms with Crippen LogP contribution in [0.5, 0.6) is 0 Å². The average Bonchev–Trinajstić information content (AvgIpc) is 2.46. The van der Waals surface area contributed by atoms with Crippen LogP contribution in [0, 0.1) is 11.8 Å². The topological polar surface area (TPSA) is 46.6 Å². The molecule has 22 heavy (non-hydrogen) atoms. The third-order valence-electron chi connectivity index (χ3n) is 3.64. The summed E-state index contributed by atoms with van der Waals surface area (Å²) in [5.74, 6) is 0.138. The molecule has 124 valence electrons. The van der Waals surface area contributed by atoms with E-state index < -0.39 is 7.37 Å². The van der Waals surface area contributed by atoms with E-state index >= 15 is 0 Å². The van der Waals surface area contributed by atoms with Crippen molar-refractivity contribution < 1.29 is 13.9 Å². The highest BCUT2D eigenvalue weighted by atomic mass is 31.2. The molecule has 0 saturated heterocycles. The third-order valence-corrected chi connectivity index (χ3v) is 6.15. The molecular formula is C17H28NO3P. The van der Waals surface area contributed by atoms with Crippen molar-refractivity contribution in [3.63, 3.8) is 0 Å². The second-order valence-corrected chi connectivity index (χ2v) is 9.06. The van der Waals surface area contributed by atoms with Crippen LogP contribution in [0.1, 0.15) is 25.8 Å². The number of carbonyl (C=O) groups excluding carboxylic acids is 1. The fourth-order valence-electron chi connectivity index (χ4n) is 2.59. The highest BCUT2D eigenvalue weighted by Gasteiger charge is 2.32. The van der Waals surface area contributed by atoms with Gasteiger partial charge in [-0.05, 0) is 17.9 Å². The van der Waals surface area contributed by atoms with Crippen molar-refractivity contribution >= 4 is 13.3 Å². The van der Waals surface area contributed by atoms with Crippen LogP contribution in [0.3, 0.4) is 0 Å². The summed E-state index contributed by atoms with van der Waals surface area (Å²) in [6.45, 7) is 4.15. The van der Waals surface area contributed by atoms with Gasteiger partial charge in [0.2, 0.25) is 13.3 Å². The molecule has 0 fully saturated rings. The highest BCUT2D eigenvalue weighted by molar-refractivity contribution is 7.58. The van der Waals surface area contributed by atoms with E-state index in [4.69, 9.17) is 4.52 Å². The van der Waals surface area contributed by atoms with Gasteiger partial charge < -0.3 is 9.42 Å². The molecule has 2 atom stereocenters. The van der Waals surface area contributed by atoms with Crippen molar-refractivity contribution in [2.45, 2.75) is 26.4 Å². The van der Waals surface area contributed by atoms with Crippen LogP contribution in [0.2, 0.25) is 0 Å². The second-order valence-electron chi connectivity index (χ2n) is 6.38. The van der Waals surface area contributed by atoms with Crippen LogP contribution in [0.4, 0.5) is 0 Å². The summed E-state index contributed by atoms with van der Waals surface area (Å²) in [7, 11) is 2.09. The first-order valence-corrected chi connectivity index (χ1v) is 9.66. The summed E-state index contributed by atoms with van der Waals surface area (Å²) < 4.78 is 18.4. The van der Waals surface area contributed by atoms with E-state index in [9.17, 15) is 9.36 Å². The molecule has 2 unspecified atom stereocenters. The number of nitrogens with zero attached hydrogens (tertiary/aromatic N) is 1. The lowest BCUT2D eigenvalue weighted by atomic mass is 9.98. The van der Waals surface area contributed by atoms with E-state index in [-0.39, 0.29) is 11.8 Å². The Labute approximate surface area is 134 Å². The minimum Gasteiger partial charge on any atom is -0.349 e. The largest absolute Gasteiger partial charge is 0.349 e. The molecule has 5 heteroatoms. The van der Waals surface area contributed by atoms with Crippen LogP contribution in [0.15, 0.2) is 30.3 Å². The number of benzene rings is 1. The van der Waals surface area contributed by atoms with Crippen molar-refractivity contribution in [1.29, 1.82) is 0 Å². The van der Waals surface area contributed by atoms with Crippen molar-refractivity contribution in [3.05, 3.63) is 35.9 Å². The zero-order chi connectivity index (χ0) is 16.8. The fraction of sp³-hybridized carbons (Fsp3) is 0.588. The maximum Gasteiger partial charge on any atom is 0.225 e. The fourth-order valence-corrected chi connectivity index (χ4v) is 4.74. The average molecular weight is 325 g/mol. The molecule has 0 heterocycles. The van der Waals surface area contributed by atoms with Crippen LogP contribution >= 0.6 is 7.37 Å². The summed E-state index contributed by atoms with van der Waals surface area (Å²) in [5.41, 5.74) is 0.980. The van der Waals surface area contributed by atoms with Crippen LogP contribution in [-0.2, 0) is 20.0 Å². The minimum atomic E-state index is -2.88. The van der Waals surface area contributed by atoms with Crippen molar-refractivity contribution in [1.82, 2.24) is 4.90 Å². The van der Waals surface area contributed by atoms with Crippen molar-refractivity contribution in [3.8, 4) is 0 Å². The summed E-state index contributed by atoms with van der Waals surface area (Å²) in [6, 6.07) is 9.66. The maximum atomic E-state index is 13.1. The first-order chi connectivity index (χ1) is 10.3. The lowest BCUT2D eigenvalue weighted by molar-refractivity contribution is -0.132. The lowest BCUT2D eigenvalue weighted by Crippen LogP contribution is -2.32. The third kappa shape index (κ3) is 5.94. The van der Waals surface area contributed by atoms with E-state index in [0.29, 0.717) is 18.2 Å². The van der Waals surface area contributed by atoms with Gasteiger partial charge in [-0.1, -0.05) is 44.2 Å². The standard InChI is InChI=1S/C17H28NO3P/c1-14(2)11-16(17(19)18(3)4)13-22(20,21-5)12-15-9-7-6-8-10-15/h6-10,14,16H,11-13H2,1-5H3. The van der Waals surface area contributed by atoms with Crippen molar-refractivity contribution in [2.24, 2.45) is 11.8 Å². The van der Waals surface area contributed by atoms with Crippen LogP contribution in [-0.4, -0.2) is 38.2 Å². The Morgan fingerprint density at radius 1 is 1.23 bits per heavy atom. The Morgan fingerprint density at radius 2 is 1.82 bits per heavy atom. The maximum absolute atomic E-state index is 13.1. The first-order valence-electron chi connectivity index (χ1n) is 7.66. The molecule has 0 aliphatic heterocycles. The molecule has 0 aromatic heterocycles. The van der Waals surface area contributed by atoms with Gasteiger partial charge in [-0.25, -0.2) is 0 Å². The number of hydrogen-bond acceptors (Lipinski definition) is 3. The summed E-state index contributed by atoms with van der Waals surface area (Å²) in [6.07, 6.45) is 1.40. The SMILES string of the molecule is COP(=O)(Cc1ccccc1)CC(CC(C)C)C(=O)N(C)C. The van der Waals surface area contributed by atoms with E-state index in [1.807, 2.05) is 30.3 Å². The Kier molecular flexibility index (Phi) is 7.31. The molecule has 0 aliphatic rings. The monoisotopic (exact) mass is 325 g/mol. The molecule has 1 rings (SSSR count). The van der Waals surface area contributed by atoms with E-state index in [1.54, 1.807) is 19.0 Å². The predicted octanol–water partition coefficient (Wildman–Crippen LogP) is 3.86. The van der Waals surface area contributed by atoms with Gasteiger partial charge >= 0.3 is 0 Å². The number of rotatable bonds is 8. The summed E-state index contributed by atoms with van der Waals surface area (Å²) in [4.78, 5) is 14.0. The van der Waals surface area contributed by atoms with Gasteiger partial charge in [-0.3, -0.25) is 9.36 Å². The van der Waals surface area contributed by atoms with Gasteiger partial charge in [-0.2, -0.15) is 0 Å². The molecule has 0 bridgehead atoms. The van der Waals surface area contributed by atoms with Gasteiger partial charge in [0, 0.05) is 39.4 Å². The molecule has 1 amide bonds. The second kappa shape index (κ2) is 8.50. The van der Waals surface area contributed by atoms with Crippen molar-refractivity contribution in [2.75, 3.05) is 27.4 Å². The number of carbonyl (C=O) groups is 1. The van der Waals surface area contributed by atoms with E-state index in [1.165, 1.54) is 7.11 Å². The van der Waals surface area contributed by atoms with Gasteiger partial charge in [0.15, 0.2) is 0 Å². The molecule has 0 N–H and O–H groups in total. The van der Waals surface area contributed by atoms with Gasteiger partial charge in [0.05, 0.1) is 0 Å². The Morgan fingerprint density at radius 3 is 2.27 bits per heavy atom. The Balaban J connectivity index is 2.91. The smallest absolute Gasteiger partial charge is 0.225 e. The minimum absolute atomic E-state index is 0.0269. The van der Waals surface area contributed by atoms with Gasteiger partial charge in [0.1, 0.15) is 0 Å². The Hall–Kier alpha value is -1.12. The van der Waals surface area contributed by atoms with Crippen LogP contribution < -0.4 is 0 Å². The van der Waals surface area contributed by atoms with Gasteiger partial charge in [-0.15, -0.1) is 0 Å². The Bertz CT molecular complexity index is 514. The first kappa shape index (κ1) is 18.9. The molecule has 4 nitrogen and oxygen atoms in total. The number of amides is 1. The molecule has 1 aromatic rings. The zero-order valence-corrected chi connectivity index (χ0v) is 15.2. The summed E-state index contributed by atoms with van der Waals surface area (Å²) >= 11 is 0. The quantitative estimate of drug-likeness (QED) is 0.682. The predicted molar refractivity (Wildman–Crippen MR) is 91.3 cm³/mol. The van der Waals surface area contributed by atoms with E-state index in [2.05, 4.69) is 13.8 Å². The van der Waals surface area contributed by atoms with Gasteiger partial charge in [0.25, 0.3) is 0 Å². The molecule has 0 saturated carbocycles. The molecule has 0 aliphatic carbocycles. The van der Waals surface area contributed by atoms with E-state index in [0.717, 1.165) is 12.0 Å². The zero-order valence-electron chi connectivity index (χ0n) is 14.3. The lowest BCUT2D eigenvalue weighted by Gasteiger charge is -2.26. The van der Waals surface area contributed by atoms with Crippen LogP contribution in [0.25, 0.3) is 0 Å². The highest BCUT2D eigenvalue weighted by Crippen LogP contribution is 2.51. The molecular weight excluding hydrogens is 297 g/mol. The molecule has 1 aromatic carbocycles. The molecule has 0 spiro atoms. The normalized spacial score (nSPS) is 15.4.